The number of nitrogens with zero attached hydrogens (tertiary/aromatic N) is 4. The lowest BCUT2D eigenvalue weighted by Gasteiger charge is -2.23. The summed E-state index contributed by atoms with van der Waals surface area (Å²) in [6.07, 6.45) is 0.666. The van der Waals surface area contributed by atoms with Gasteiger partial charge in [0.1, 0.15) is 0 Å². The van der Waals surface area contributed by atoms with Crippen LogP contribution in [0.5, 0.6) is 0 Å². The van der Waals surface area contributed by atoms with Gasteiger partial charge in [-0.3, -0.25) is 0 Å². The second-order valence-corrected chi connectivity index (χ2v) is 5.21. The molecule has 21 heavy (non-hydrogen) atoms. The molecule has 1 aromatic rings. The van der Waals surface area contributed by atoms with Gasteiger partial charge in [-0.25, -0.2) is 0 Å². The summed E-state index contributed by atoms with van der Waals surface area (Å²) < 4.78 is 0. The third-order valence-corrected chi connectivity index (χ3v) is 3.45. The first-order valence-electron chi connectivity index (χ1n) is 7.61. The van der Waals surface area contributed by atoms with Gasteiger partial charge in [-0.2, -0.15) is 15.0 Å². The van der Waals surface area contributed by atoms with Gasteiger partial charge >= 0.3 is 0 Å². The average Bonchev–Trinajstić information content (AvgIpc) is 2.47. The lowest BCUT2D eigenvalue weighted by molar-refractivity contribution is 0.267. The zero-order valence-electron chi connectivity index (χ0n) is 13.7. The van der Waals surface area contributed by atoms with Crippen molar-refractivity contribution < 1.29 is 5.11 Å². The summed E-state index contributed by atoms with van der Waals surface area (Å²) in [4.78, 5) is 15.3. The molecule has 0 amide bonds. The summed E-state index contributed by atoms with van der Waals surface area (Å²) in [5.41, 5.74) is 0. The minimum absolute atomic E-state index is 0.131. The predicted molar refractivity (Wildman–Crippen MR) is 86.9 cm³/mol. The SMILES string of the molecule is CCN(CC)c1nc(NC)nc(NC(CCO)C(C)C)n1. The summed E-state index contributed by atoms with van der Waals surface area (Å²) in [6, 6.07) is 0.131. The van der Waals surface area contributed by atoms with Gasteiger partial charge in [0.15, 0.2) is 0 Å². The number of anilines is 3. The molecular weight excluding hydrogens is 268 g/mol. The molecule has 0 saturated carbocycles. The smallest absolute Gasteiger partial charge is 0.231 e. The van der Waals surface area contributed by atoms with E-state index in [4.69, 9.17) is 5.11 Å². The Morgan fingerprint density at radius 2 is 1.71 bits per heavy atom. The molecule has 7 heteroatoms. The molecule has 1 aromatic heterocycles. The predicted octanol–water partition coefficient (Wildman–Crippen LogP) is 1.58. The highest BCUT2D eigenvalue weighted by atomic mass is 16.3. The zero-order chi connectivity index (χ0) is 15.8. The fraction of sp³-hybridized carbons (Fsp3) is 0.786. The number of rotatable bonds is 9. The van der Waals surface area contributed by atoms with Crippen LogP contribution in [0.15, 0.2) is 0 Å². The Hall–Kier alpha value is -1.63. The Morgan fingerprint density at radius 3 is 2.19 bits per heavy atom. The molecule has 0 aliphatic carbocycles. The summed E-state index contributed by atoms with van der Waals surface area (Å²) in [5.74, 6) is 2.13. The first-order chi connectivity index (χ1) is 10.0. The van der Waals surface area contributed by atoms with Crippen LogP contribution in [0.4, 0.5) is 17.8 Å². The number of aliphatic hydroxyl groups excluding tert-OH is 1. The van der Waals surface area contributed by atoms with Crippen molar-refractivity contribution in [2.45, 2.75) is 40.2 Å². The van der Waals surface area contributed by atoms with Crippen LogP contribution in [0.3, 0.4) is 0 Å². The molecule has 1 rings (SSSR count). The standard InChI is InChI=1S/C14H28N6O/c1-6-20(7-2)14-18-12(15-5)17-13(19-14)16-11(8-9-21)10(3)4/h10-11,21H,6-9H2,1-5H3,(H2,15,16,17,18,19). The van der Waals surface area contributed by atoms with E-state index in [1.807, 2.05) is 0 Å². The largest absolute Gasteiger partial charge is 0.396 e. The minimum atomic E-state index is 0.131. The topological polar surface area (TPSA) is 86.2 Å². The van der Waals surface area contributed by atoms with Crippen LogP contribution >= 0.6 is 0 Å². The van der Waals surface area contributed by atoms with E-state index >= 15 is 0 Å². The van der Waals surface area contributed by atoms with Crippen molar-refractivity contribution in [2.75, 3.05) is 42.3 Å². The van der Waals surface area contributed by atoms with Crippen molar-refractivity contribution in [1.29, 1.82) is 0 Å². The number of aliphatic hydroxyl groups is 1. The number of nitrogens with one attached hydrogen (secondary N) is 2. The van der Waals surface area contributed by atoms with E-state index in [9.17, 15) is 0 Å². The molecule has 1 atom stereocenters. The van der Waals surface area contributed by atoms with Crippen LogP contribution in [0.2, 0.25) is 0 Å². The molecule has 0 aliphatic heterocycles. The molecule has 0 saturated heterocycles. The van der Waals surface area contributed by atoms with Crippen LogP contribution in [0.25, 0.3) is 0 Å². The highest BCUT2D eigenvalue weighted by Crippen LogP contribution is 2.16. The molecule has 120 valence electrons. The second kappa shape index (κ2) is 8.61. The van der Waals surface area contributed by atoms with Crippen molar-refractivity contribution in [3.05, 3.63) is 0 Å². The van der Waals surface area contributed by atoms with Crippen LogP contribution in [-0.2, 0) is 0 Å². The molecule has 1 heterocycles. The summed E-state index contributed by atoms with van der Waals surface area (Å²) >= 11 is 0. The minimum Gasteiger partial charge on any atom is -0.396 e. The van der Waals surface area contributed by atoms with Gasteiger partial charge in [0.05, 0.1) is 0 Å². The zero-order valence-corrected chi connectivity index (χ0v) is 13.7. The maximum Gasteiger partial charge on any atom is 0.231 e. The maximum absolute atomic E-state index is 9.17. The molecule has 3 N–H and O–H groups in total. The first kappa shape index (κ1) is 17.4. The Labute approximate surface area is 127 Å². The molecule has 1 unspecified atom stereocenters. The van der Waals surface area contributed by atoms with Crippen LogP contribution < -0.4 is 15.5 Å². The van der Waals surface area contributed by atoms with Gasteiger partial charge in [-0.05, 0) is 26.2 Å². The monoisotopic (exact) mass is 296 g/mol. The summed E-state index contributed by atoms with van der Waals surface area (Å²) in [5, 5.41) is 15.4. The lowest BCUT2D eigenvalue weighted by atomic mass is 10.0. The Morgan fingerprint density at radius 1 is 1.10 bits per heavy atom. The molecule has 7 nitrogen and oxygen atoms in total. The van der Waals surface area contributed by atoms with Gasteiger partial charge in [0.25, 0.3) is 0 Å². The summed E-state index contributed by atoms with van der Waals surface area (Å²) in [6.45, 7) is 10.2. The maximum atomic E-state index is 9.17. The van der Waals surface area contributed by atoms with E-state index in [0.29, 0.717) is 30.2 Å². The molecule has 0 fully saturated rings. The Bertz CT molecular complexity index is 422. The van der Waals surface area contributed by atoms with Gasteiger partial charge in [-0.15, -0.1) is 0 Å². The van der Waals surface area contributed by atoms with E-state index < -0.39 is 0 Å². The van der Waals surface area contributed by atoms with Crippen LogP contribution in [-0.4, -0.2) is 52.8 Å². The Balaban J connectivity index is 3.02. The second-order valence-electron chi connectivity index (χ2n) is 5.21. The quantitative estimate of drug-likeness (QED) is 0.638. The van der Waals surface area contributed by atoms with Crippen molar-refractivity contribution in [3.8, 4) is 0 Å². The van der Waals surface area contributed by atoms with E-state index in [-0.39, 0.29) is 12.6 Å². The normalized spacial score (nSPS) is 12.3. The number of hydrogen-bond acceptors (Lipinski definition) is 7. The van der Waals surface area contributed by atoms with Gasteiger partial charge in [0, 0.05) is 32.8 Å². The molecule has 0 spiro atoms. The lowest BCUT2D eigenvalue weighted by Crippen LogP contribution is -2.29. The highest BCUT2D eigenvalue weighted by molar-refractivity contribution is 5.43. The fourth-order valence-electron chi connectivity index (χ4n) is 2.07. The Kier molecular flexibility index (Phi) is 7.14. The van der Waals surface area contributed by atoms with Gasteiger partial charge < -0.3 is 20.6 Å². The van der Waals surface area contributed by atoms with Crippen molar-refractivity contribution in [2.24, 2.45) is 5.92 Å². The summed E-state index contributed by atoms with van der Waals surface area (Å²) in [7, 11) is 1.79. The van der Waals surface area contributed by atoms with Crippen LogP contribution in [0.1, 0.15) is 34.1 Å². The molecule has 0 bridgehead atoms. The van der Waals surface area contributed by atoms with Crippen molar-refractivity contribution >= 4 is 17.8 Å². The first-order valence-corrected chi connectivity index (χ1v) is 7.61. The third kappa shape index (κ3) is 5.00. The number of aromatic nitrogens is 3. The molecular formula is C14H28N6O. The van der Waals surface area contributed by atoms with E-state index in [0.717, 1.165) is 13.1 Å². The van der Waals surface area contributed by atoms with E-state index in [1.54, 1.807) is 7.05 Å². The van der Waals surface area contributed by atoms with Crippen molar-refractivity contribution in [1.82, 2.24) is 15.0 Å². The van der Waals surface area contributed by atoms with Crippen molar-refractivity contribution in [3.63, 3.8) is 0 Å². The van der Waals surface area contributed by atoms with E-state index in [2.05, 4.69) is 58.2 Å². The molecule has 0 aromatic carbocycles. The van der Waals surface area contributed by atoms with Gasteiger partial charge in [0.2, 0.25) is 17.8 Å². The average molecular weight is 296 g/mol. The molecule has 0 radical (unpaired) electrons. The highest BCUT2D eigenvalue weighted by Gasteiger charge is 2.16. The van der Waals surface area contributed by atoms with Gasteiger partial charge in [-0.1, -0.05) is 13.8 Å². The van der Waals surface area contributed by atoms with E-state index in [1.165, 1.54) is 0 Å². The fourth-order valence-corrected chi connectivity index (χ4v) is 2.07. The third-order valence-electron chi connectivity index (χ3n) is 3.45. The van der Waals surface area contributed by atoms with Crippen LogP contribution in [0, 0.1) is 5.92 Å². The molecule has 0 aliphatic rings. The number of hydrogen-bond donors (Lipinski definition) is 3.